The van der Waals surface area contributed by atoms with Gasteiger partial charge in [-0.2, -0.15) is 4.31 Å². The van der Waals surface area contributed by atoms with Crippen molar-refractivity contribution in [2.24, 2.45) is 0 Å². The summed E-state index contributed by atoms with van der Waals surface area (Å²) in [5.41, 5.74) is 0. The van der Waals surface area contributed by atoms with Gasteiger partial charge in [-0.1, -0.05) is 6.92 Å². The van der Waals surface area contributed by atoms with Crippen LogP contribution in [0.25, 0.3) is 0 Å². The van der Waals surface area contributed by atoms with Crippen LogP contribution in [0.3, 0.4) is 0 Å². The number of ether oxygens (including phenoxy) is 1. The van der Waals surface area contributed by atoms with E-state index in [0.717, 1.165) is 30.8 Å². The molecule has 0 saturated carbocycles. The van der Waals surface area contributed by atoms with Gasteiger partial charge >= 0.3 is 0 Å². The van der Waals surface area contributed by atoms with Crippen LogP contribution in [0.15, 0.2) is 16.3 Å². The van der Waals surface area contributed by atoms with Gasteiger partial charge in [-0.3, -0.25) is 0 Å². The maximum Gasteiger partial charge on any atom is 0.252 e. The summed E-state index contributed by atoms with van der Waals surface area (Å²) in [5.74, 6) is 0. The van der Waals surface area contributed by atoms with Crippen LogP contribution in [-0.2, 0) is 21.3 Å². The predicted octanol–water partition coefficient (Wildman–Crippen LogP) is 1.66. The van der Waals surface area contributed by atoms with E-state index in [0.29, 0.717) is 17.3 Å². The number of nitrogens with zero attached hydrogens (tertiary/aromatic N) is 1. The van der Waals surface area contributed by atoms with Crippen LogP contribution in [-0.4, -0.2) is 45.6 Å². The van der Waals surface area contributed by atoms with Crippen LogP contribution in [0, 0.1) is 0 Å². The molecule has 0 radical (unpaired) electrons. The normalized spacial score (nSPS) is 21.2. The molecule has 20 heavy (non-hydrogen) atoms. The van der Waals surface area contributed by atoms with Gasteiger partial charge in [0.1, 0.15) is 4.21 Å². The second-order valence-electron chi connectivity index (χ2n) is 4.86. The highest BCUT2D eigenvalue weighted by molar-refractivity contribution is 7.91. The second-order valence-corrected chi connectivity index (χ2v) is 8.20. The van der Waals surface area contributed by atoms with Crippen molar-refractivity contribution in [1.82, 2.24) is 9.62 Å². The number of nitrogens with one attached hydrogen (secondary N) is 1. The minimum atomic E-state index is -3.37. The zero-order chi connectivity index (χ0) is 14.6. The van der Waals surface area contributed by atoms with Crippen molar-refractivity contribution in [3.05, 3.63) is 17.0 Å². The van der Waals surface area contributed by atoms with Crippen LogP contribution in [0.2, 0.25) is 0 Å². The summed E-state index contributed by atoms with van der Waals surface area (Å²) in [6.45, 7) is 4.67. The maximum absolute atomic E-state index is 12.6. The molecule has 1 unspecified atom stereocenters. The van der Waals surface area contributed by atoms with Crippen molar-refractivity contribution in [3.63, 3.8) is 0 Å². The summed E-state index contributed by atoms with van der Waals surface area (Å²) >= 11 is 1.35. The van der Waals surface area contributed by atoms with E-state index in [9.17, 15) is 8.42 Å². The van der Waals surface area contributed by atoms with Crippen molar-refractivity contribution < 1.29 is 13.2 Å². The third kappa shape index (κ3) is 3.59. The van der Waals surface area contributed by atoms with E-state index < -0.39 is 10.0 Å². The Labute approximate surface area is 125 Å². The van der Waals surface area contributed by atoms with E-state index in [4.69, 9.17) is 4.74 Å². The Kier molecular flexibility index (Phi) is 5.57. The molecule has 0 amide bonds. The van der Waals surface area contributed by atoms with Gasteiger partial charge < -0.3 is 10.1 Å². The van der Waals surface area contributed by atoms with Crippen LogP contribution in [0.1, 0.15) is 24.6 Å². The molecule has 5 nitrogen and oxygen atoms in total. The average Bonchev–Trinajstić information content (AvgIpc) is 2.94. The predicted molar refractivity (Wildman–Crippen MR) is 80.5 cm³/mol. The van der Waals surface area contributed by atoms with Gasteiger partial charge in [-0.05, 0) is 31.5 Å². The van der Waals surface area contributed by atoms with Crippen LogP contribution >= 0.6 is 11.3 Å². The summed E-state index contributed by atoms with van der Waals surface area (Å²) in [5, 5.41) is 3.21. The zero-order valence-corrected chi connectivity index (χ0v) is 13.6. The first-order valence-corrected chi connectivity index (χ1v) is 9.16. The van der Waals surface area contributed by atoms with Gasteiger partial charge in [0, 0.05) is 31.6 Å². The Morgan fingerprint density at radius 1 is 1.50 bits per heavy atom. The second kappa shape index (κ2) is 7.00. The number of piperidine rings is 1. The molecule has 0 aromatic carbocycles. The molecule has 1 aliphatic heterocycles. The van der Waals surface area contributed by atoms with Crippen molar-refractivity contribution >= 4 is 21.4 Å². The Bertz CT molecular complexity index is 527. The molecular formula is C13H22N2O3S2. The van der Waals surface area contributed by atoms with E-state index in [1.807, 2.05) is 13.0 Å². The van der Waals surface area contributed by atoms with E-state index in [1.54, 1.807) is 17.5 Å². The highest BCUT2D eigenvalue weighted by Crippen LogP contribution is 2.27. The Morgan fingerprint density at radius 2 is 2.30 bits per heavy atom. The number of hydrogen-bond donors (Lipinski definition) is 1. The minimum absolute atomic E-state index is 0.0136. The van der Waals surface area contributed by atoms with Gasteiger partial charge in [-0.25, -0.2) is 8.42 Å². The van der Waals surface area contributed by atoms with Crippen molar-refractivity contribution in [2.45, 2.75) is 36.6 Å². The highest BCUT2D eigenvalue weighted by Gasteiger charge is 2.31. The van der Waals surface area contributed by atoms with Gasteiger partial charge in [-0.15, -0.1) is 11.3 Å². The summed E-state index contributed by atoms with van der Waals surface area (Å²) < 4.78 is 32.5. The molecule has 7 heteroatoms. The van der Waals surface area contributed by atoms with E-state index in [1.165, 1.54) is 11.3 Å². The summed E-state index contributed by atoms with van der Waals surface area (Å²) in [6, 6.07) is 3.60. The third-order valence-electron chi connectivity index (χ3n) is 3.45. The molecule has 1 aliphatic rings. The van der Waals surface area contributed by atoms with Crippen molar-refractivity contribution in [3.8, 4) is 0 Å². The lowest BCUT2D eigenvalue weighted by Crippen LogP contribution is -2.42. The fraction of sp³-hybridized carbons (Fsp3) is 0.692. The third-order valence-corrected chi connectivity index (χ3v) is 6.87. The maximum atomic E-state index is 12.6. The number of hydrogen-bond acceptors (Lipinski definition) is 5. The minimum Gasteiger partial charge on any atom is -0.380 e. The number of rotatable bonds is 6. The van der Waals surface area contributed by atoms with Crippen molar-refractivity contribution in [2.75, 3.05) is 26.7 Å². The molecule has 1 atom stereocenters. The van der Waals surface area contributed by atoms with Gasteiger partial charge in [0.25, 0.3) is 10.0 Å². The lowest BCUT2D eigenvalue weighted by molar-refractivity contribution is 0.0572. The number of thiophene rings is 1. The fourth-order valence-corrected chi connectivity index (χ4v) is 5.27. The molecule has 114 valence electrons. The average molecular weight is 318 g/mol. The molecule has 1 saturated heterocycles. The van der Waals surface area contributed by atoms with Gasteiger partial charge in [0.2, 0.25) is 0 Å². The van der Waals surface area contributed by atoms with E-state index in [2.05, 4.69) is 5.32 Å². The molecule has 0 bridgehead atoms. The Balaban J connectivity index is 2.11. The van der Waals surface area contributed by atoms with Gasteiger partial charge in [0.15, 0.2) is 0 Å². The number of sulfonamides is 1. The van der Waals surface area contributed by atoms with E-state index >= 15 is 0 Å². The lowest BCUT2D eigenvalue weighted by Gasteiger charge is -2.30. The van der Waals surface area contributed by atoms with E-state index in [-0.39, 0.29) is 6.10 Å². The summed E-state index contributed by atoms with van der Waals surface area (Å²) in [6.07, 6.45) is 1.80. The summed E-state index contributed by atoms with van der Waals surface area (Å²) in [7, 11) is -1.73. The van der Waals surface area contributed by atoms with Crippen LogP contribution in [0.4, 0.5) is 0 Å². The first-order valence-electron chi connectivity index (χ1n) is 6.90. The van der Waals surface area contributed by atoms with Crippen LogP contribution < -0.4 is 5.32 Å². The van der Waals surface area contributed by atoms with Crippen molar-refractivity contribution in [1.29, 1.82) is 0 Å². The Morgan fingerprint density at radius 3 is 3.00 bits per heavy atom. The fourth-order valence-electron chi connectivity index (χ4n) is 2.28. The SMILES string of the molecule is CCNCc1ccc(S(=O)(=O)N2CCCC(OC)C2)s1. The van der Waals surface area contributed by atoms with Gasteiger partial charge in [0.05, 0.1) is 6.10 Å². The quantitative estimate of drug-likeness (QED) is 0.866. The smallest absolute Gasteiger partial charge is 0.252 e. The van der Waals surface area contributed by atoms with Crippen LogP contribution in [0.5, 0.6) is 0 Å². The lowest BCUT2D eigenvalue weighted by atomic mass is 10.1. The first-order chi connectivity index (χ1) is 9.57. The Hall–Kier alpha value is -0.470. The summed E-state index contributed by atoms with van der Waals surface area (Å²) in [4.78, 5) is 1.05. The first kappa shape index (κ1) is 15.9. The molecule has 1 N–H and O–H groups in total. The molecule has 0 spiro atoms. The molecule has 1 fully saturated rings. The molecular weight excluding hydrogens is 296 g/mol. The number of methoxy groups -OCH3 is 1. The zero-order valence-electron chi connectivity index (χ0n) is 12.0. The molecule has 1 aromatic heterocycles. The molecule has 2 heterocycles. The highest BCUT2D eigenvalue weighted by atomic mass is 32.2. The molecule has 2 rings (SSSR count). The standard InChI is InChI=1S/C13H22N2O3S2/c1-3-14-9-12-6-7-13(19-12)20(16,17)15-8-4-5-11(10-15)18-2/h6-7,11,14H,3-5,8-10H2,1-2H3. The molecule has 1 aromatic rings. The topological polar surface area (TPSA) is 58.6 Å². The largest absolute Gasteiger partial charge is 0.380 e. The molecule has 0 aliphatic carbocycles. The monoisotopic (exact) mass is 318 g/mol.